The summed E-state index contributed by atoms with van der Waals surface area (Å²) in [6.07, 6.45) is 0.943. The van der Waals surface area contributed by atoms with E-state index >= 15 is 0 Å². The molecule has 3 amide bonds. The van der Waals surface area contributed by atoms with Gasteiger partial charge in [0.2, 0.25) is 5.91 Å². The average Bonchev–Trinajstić information content (AvgIpc) is 2.89. The molecule has 1 aliphatic heterocycles. The topological polar surface area (TPSA) is 90.0 Å². The summed E-state index contributed by atoms with van der Waals surface area (Å²) >= 11 is 0. The maximum atomic E-state index is 11.9. The van der Waals surface area contributed by atoms with Gasteiger partial charge in [-0.05, 0) is 19.8 Å². The van der Waals surface area contributed by atoms with Gasteiger partial charge in [-0.15, -0.1) is 0 Å². The molecule has 7 nitrogen and oxygen atoms in total. The third-order valence-electron chi connectivity index (χ3n) is 4.06. The minimum Gasteiger partial charge on any atom is -0.481 e. The summed E-state index contributed by atoms with van der Waals surface area (Å²) in [6, 6.07) is -0.376. The zero-order chi connectivity index (χ0) is 15.3. The van der Waals surface area contributed by atoms with Gasteiger partial charge in [-0.3, -0.25) is 9.59 Å². The first-order valence-electron chi connectivity index (χ1n) is 6.86. The number of likely N-dealkylation sites (tertiary alicyclic amines) is 1. The van der Waals surface area contributed by atoms with Crippen LogP contribution < -0.4 is 5.32 Å². The number of hydrogen-bond acceptors (Lipinski definition) is 3. The Balaban J connectivity index is 2.51. The third kappa shape index (κ3) is 3.40. The lowest BCUT2D eigenvalue weighted by Gasteiger charge is -2.23. The first-order valence-corrected chi connectivity index (χ1v) is 6.86. The van der Waals surface area contributed by atoms with Crippen LogP contribution in [0.5, 0.6) is 0 Å². The van der Waals surface area contributed by atoms with Crippen LogP contribution in [0.15, 0.2) is 0 Å². The second-order valence-electron chi connectivity index (χ2n) is 5.18. The molecule has 0 spiro atoms. The summed E-state index contributed by atoms with van der Waals surface area (Å²) in [6.45, 7) is 4.78. The standard InChI is InChI=1S/C13H23N3O4/c1-4-13(11(18)19)6-7-16(9-13)12(20)14-8-10(17)15(3)5-2/h4-9H2,1-3H3,(H,14,20)(H,18,19). The van der Waals surface area contributed by atoms with Gasteiger partial charge in [0.05, 0.1) is 12.0 Å². The fourth-order valence-electron chi connectivity index (χ4n) is 2.23. The average molecular weight is 285 g/mol. The van der Waals surface area contributed by atoms with Crippen molar-refractivity contribution in [1.82, 2.24) is 15.1 Å². The molecule has 0 aromatic carbocycles. The summed E-state index contributed by atoms with van der Waals surface area (Å²) in [5, 5.41) is 11.8. The summed E-state index contributed by atoms with van der Waals surface area (Å²) in [4.78, 5) is 37.8. The van der Waals surface area contributed by atoms with Crippen molar-refractivity contribution < 1.29 is 19.5 Å². The van der Waals surface area contributed by atoms with Crippen molar-refractivity contribution in [1.29, 1.82) is 0 Å². The number of rotatable bonds is 5. The van der Waals surface area contributed by atoms with Gasteiger partial charge < -0.3 is 20.2 Å². The number of carboxylic acids is 1. The quantitative estimate of drug-likeness (QED) is 0.763. The number of carboxylic acid groups (broad SMARTS) is 1. The van der Waals surface area contributed by atoms with Gasteiger partial charge in [0.25, 0.3) is 0 Å². The Morgan fingerprint density at radius 2 is 2.00 bits per heavy atom. The lowest BCUT2D eigenvalue weighted by Crippen LogP contribution is -2.45. The summed E-state index contributed by atoms with van der Waals surface area (Å²) in [5.41, 5.74) is -0.846. The molecule has 1 heterocycles. The predicted octanol–water partition coefficient (Wildman–Crippen LogP) is 0.361. The van der Waals surface area contributed by atoms with Crippen molar-refractivity contribution in [2.75, 3.05) is 33.2 Å². The molecule has 7 heteroatoms. The van der Waals surface area contributed by atoms with Gasteiger partial charge in [-0.2, -0.15) is 0 Å². The van der Waals surface area contributed by atoms with E-state index in [-0.39, 0.29) is 25.0 Å². The molecule has 2 N–H and O–H groups in total. The monoisotopic (exact) mass is 285 g/mol. The van der Waals surface area contributed by atoms with E-state index in [1.807, 2.05) is 13.8 Å². The fourth-order valence-corrected chi connectivity index (χ4v) is 2.23. The first kappa shape index (κ1) is 16.3. The zero-order valence-electron chi connectivity index (χ0n) is 12.3. The number of nitrogens with zero attached hydrogens (tertiary/aromatic N) is 2. The summed E-state index contributed by atoms with van der Waals surface area (Å²) in [5.74, 6) is -1.03. The third-order valence-corrected chi connectivity index (χ3v) is 4.06. The molecule has 0 aliphatic carbocycles. The minimum absolute atomic E-state index is 0.0636. The van der Waals surface area contributed by atoms with Crippen LogP contribution in [0, 0.1) is 5.41 Å². The van der Waals surface area contributed by atoms with Gasteiger partial charge in [-0.1, -0.05) is 6.92 Å². The van der Waals surface area contributed by atoms with Crippen LogP contribution in [0.2, 0.25) is 0 Å². The van der Waals surface area contributed by atoms with E-state index in [0.717, 1.165) is 0 Å². The Labute approximate surface area is 118 Å². The highest BCUT2D eigenvalue weighted by Crippen LogP contribution is 2.34. The molecule has 114 valence electrons. The highest BCUT2D eigenvalue weighted by Gasteiger charge is 2.44. The minimum atomic E-state index is -0.864. The second-order valence-corrected chi connectivity index (χ2v) is 5.18. The number of amides is 3. The van der Waals surface area contributed by atoms with Crippen LogP contribution in [0.3, 0.4) is 0 Å². The maximum Gasteiger partial charge on any atom is 0.317 e. The number of carbonyl (C=O) groups is 3. The molecule has 0 saturated carbocycles. The van der Waals surface area contributed by atoms with Crippen molar-refractivity contribution in [3.05, 3.63) is 0 Å². The summed E-state index contributed by atoms with van der Waals surface area (Å²) in [7, 11) is 1.66. The summed E-state index contributed by atoms with van der Waals surface area (Å²) < 4.78 is 0. The molecule has 1 rings (SSSR count). The molecule has 0 aromatic heterocycles. The second kappa shape index (κ2) is 6.58. The van der Waals surface area contributed by atoms with Gasteiger partial charge in [0.1, 0.15) is 0 Å². The van der Waals surface area contributed by atoms with E-state index in [2.05, 4.69) is 5.32 Å². The number of carbonyl (C=O) groups excluding carboxylic acids is 2. The van der Waals surface area contributed by atoms with Gasteiger partial charge in [0.15, 0.2) is 0 Å². The molecular formula is C13H23N3O4. The Bertz CT molecular complexity index is 399. The van der Waals surface area contributed by atoms with E-state index in [0.29, 0.717) is 25.9 Å². The Morgan fingerprint density at radius 3 is 2.45 bits per heavy atom. The zero-order valence-corrected chi connectivity index (χ0v) is 12.3. The normalized spacial score (nSPS) is 21.6. The van der Waals surface area contributed by atoms with Crippen LogP contribution in [-0.4, -0.2) is 66.0 Å². The number of likely N-dealkylation sites (N-methyl/N-ethyl adjacent to an activating group) is 1. The molecule has 20 heavy (non-hydrogen) atoms. The molecule has 0 bridgehead atoms. The van der Waals surface area contributed by atoms with Crippen molar-refractivity contribution in [2.24, 2.45) is 5.41 Å². The molecule has 1 aliphatic rings. The Hall–Kier alpha value is -1.79. The van der Waals surface area contributed by atoms with Crippen molar-refractivity contribution >= 4 is 17.9 Å². The van der Waals surface area contributed by atoms with E-state index in [1.54, 1.807) is 7.05 Å². The predicted molar refractivity (Wildman–Crippen MR) is 73.3 cm³/mol. The van der Waals surface area contributed by atoms with Crippen molar-refractivity contribution in [3.8, 4) is 0 Å². The van der Waals surface area contributed by atoms with Gasteiger partial charge in [0, 0.05) is 26.7 Å². The molecule has 1 saturated heterocycles. The largest absolute Gasteiger partial charge is 0.481 e. The highest BCUT2D eigenvalue weighted by atomic mass is 16.4. The van der Waals surface area contributed by atoms with E-state index in [9.17, 15) is 19.5 Å². The molecule has 1 unspecified atom stereocenters. The lowest BCUT2D eigenvalue weighted by atomic mass is 9.84. The van der Waals surface area contributed by atoms with Crippen LogP contribution >= 0.6 is 0 Å². The maximum absolute atomic E-state index is 11.9. The Kier molecular flexibility index (Phi) is 5.35. The van der Waals surface area contributed by atoms with Crippen LogP contribution in [0.4, 0.5) is 4.79 Å². The SMILES string of the molecule is CCN(C)C(=O)CNC(=O)N1CCC(CC)(C(=O)O)C1. The molecule has 1 fully saturated rings. The number of urea groups is 1. The van der Waals surface area contributed by atoms with Crippen LogP contribution in [0.25, 0.3) is 0 Å². The number of hydrogen-bond donors (Lipinski definition) is 2. The van der Waals surface area contributed by atoms with Gasteiger partial charge >= 0.3 is 12.0 Å². The van der Waals surface area contributed by atoms with E-state index in [1.165, 1.54) is 9.80 Å². The van der Waals surface area contributed by atoms with E-state index < -0.39 is 11.4 Å². The van der Waals surface area contributed by atoms with Gasteiger partial charge in [-0.25, -0.2) is 4.79 Å². The van der Waals surface area contributed by atoms with Crippen molar-refractivity contribution in [2.45, 2.75) is 26.7 Å². The van der Waals surface area contributed by atoms with Crippen LogP contribution in [0.1, 0.15) is 26.7 Å². The lowest BCUT2D eigenvalue weighted by molar-refractivity contribution is -0.148. The molecular weight excluding hydrogens is 262 g/mol. The molecule has 0 radical (unpaired) electrons. The smallest absolute Gasteiger partial charge is 0.317 e. The van der Waals surface area contributed by atoms with Crippen molar-refractivity contribution in [3.63, 3.8) is 0 Å². The number of nitrogens with one attached hydrogen (secondary N) is 1. The molecule has 0 aromatic rings. The van der Waals surface area contributed by atoms with E-state index in [4.69, 9.17) is 0 Å². The highest BCUT2D eigenvalue weighted by molar-refractivity contribution is 5.85. The number of aliphatic carboxylic acids is 1. The van der Waals surface area contributed by atoms with Crippen LogP contribution in [-0.2, 0) is 9.59 Å². The first-order chi connectivity index (χ1) is 9.36. The Morgan fingerprint density at radius 1 is 1.35 bits per heavy atom. The fraction of sp³-hybridized carbons (Fsp3) is 0.769. The molecule has 1 atom stereocenters.